The highest BCUT2D eigenvalue weighted by atomic mass is 16.6. The third-order valence-corrected chi connectivity index (χ3v) is 2.53. The van der Waals surface area contributed by atoms with E-state index in [0.717, 1.165) is 13.2 Å². The van der Waals surface area contributed by atoms with Crippen LogP contribution in [-0.2, 0) is 9.53 Å². The topological polar surface area (TPSA) is 130 Å². The van der Waals surface area contributed by atoms with Crippen LogP contribution in [0, 0.1) is 10.1 Å². The number of hydrogen-bond donors (Lipinski definition) is 3. The number of carbonyl (C=O) groups excluding carboxylic acids is 1. The molecule has 2 unspecified atom stereocenters. The first-order chi connectivity index (χ1) is 8.88. The van der Waals surface area contributed by atoms with E-state index in [0.29, 0.717) is 0 Å². The van der Waals surface area contributed by atoms with Crippen LogP contribution >= 0.6 is 0 Å². The van der Waals surface area contributed by atoms with Gasteiger partial charge in [-0.2, -0.15) is 0 Å². The minimum Gasteiger partial charge on any atom is -0.502 e. The summed E-state index contributed by atoms with van der Waals surface area (Å²) in [7, 11) is 1.12. The molecule has 0 bridgehead atoms. The molecule has 0 radical (unpaired) electrons. The summed E-state index contributed by atoms with van der Waals surface area (Å²) in [6.45, 7) is 0. The molecule has 2 atom stereocenters. The number of nitro groups is 1. The van der Waals surface area contributed by atoms with Crippen molar-refractivity contribution >= 4 is 11.7 Å². The monoisotopic (exact) mass is 271 g/mol. The fraction of sp³-hybridized carbons (Fsp3) is 0.364. The molecule has 0 saturated heterocycles. The molecule has 104 valence electrons. The largest absolute Gasteiger partial charge is 0.502 e. The van der Waals surface area contributed by atoms with Crippen LogP contribution in [0.5, 0.6) is 5.75 Å². The molecule has 0 fully saturated rings. The van der Waals surface area contributed by atoms with Gasteiger partial charge in [-0.3, -0.25) is 14.9 Å². The van der Waals surface area contributed by atoms with Crippen LogP contribution in [0.25, 0.3) is 0 Å². The van der Waals surface area contributed by atoms with E-state index in [9.17, 15) is 30.2 Å². The Kier molecular flexibility index (Phi) is 4.79. The summed E-state index contributed by atoms with van der Waals surface area (Å²) in [6, 6.07) is 3.52. The van der Waals surface area contributed by atoms with Crippen molar-refractivity contribution < 1.29 is 29.8 Å². The lowest BCUT2D eigenvalue weighted by Gasteiger charge is -2.17. The first-order valence-corrected chi connectivity index (χ1v) is 5.27. The number of aromatic hydroxyl groups is 1. The number of benzene rings is 1. The van der Waals surface area contributed by atoms with Gasteiger partial charge in [0.1, 0.15) is 6.10 Å². The quantitative estimate of drug-likeness (QED) is 0.397. The first-order valence-electron chi connectivity index (χ1n) is 5.27. The number of aliphatic hydroxyl groups excluding tert-OH is 2. The maximum atomic E-state index is 11.0. The third-order valence-electron chi connectivity index (χ3n) is 2.53. The van der Waals surface area contributed by atoms with Crippen LogP contribution in [-0.4, -0.2) is 39.4 Å². The molecule has 3 N–H and O–H groups in total. The van der Waals surface area contributed by atoms with Crippen molar-refractivity contribution in [3.63, 3.8) is 0 Å². The Morgan fingerprint density at radius 1 is 1.47 bits per heavy atom. The van der Waals surface area contributed by atoms with Crippen molar-refractivity contribution in [1.82, 2.24) is 0 Å². The van der Waals surface area contributed by atoms with Crippen LogP contribution in [0.15, 0.2) is 18.2 Å². The fourth-order valence-corrected chi connectivity index (χ4v) is 1.51. The number of nitrogens with zero attached hydrogens (tertiary/aromatic N) is 1. The highest BCUT2D eigenvalue weighted by molar-refractivity contribution is 5.70. The van der Waals surface area contributed by atoms with Crippen molar-refractivity contribution in [1.29, 1.82) is 0 Å². The molecular formula is C11H13NO7. The Balaban J connectivity index is 2.99. The summed E-state index contributed by atoms with van der Waals surface area (Å²) >= 11 is 0. The van der Waals surface area contributed by atoms with Crippen molar-refractivity contribution in [3.05, 3.63) is 33.9 Å². The second kappa shape index (κ2) is 6.12. The summed E-state index contributed by atoms with van der Waals surface area (Å²) in [5, 5.41) is 39.6. The molecule has 0 aromatic heterocycles. The van der Waals surface area contributed by atoms with E-state index in [4.69, 9.17) is 0 Å². The van der Waals surface area contributed by atoms with Crippen molar-refractivity contribution in [2.75, 3.05) is 7.11 Å². The highest BCUT2D eigenvalue weighted by Gasteiger charge is 2.27. The Labute approximate surface area is 108 Å². The highest BCUT2D eigenvalue weighted by Crippen LogP contribution is 2.34. The molecule has 8 heteroatoms. The van der Waals surface area contributed by atoms with Gasteiger partial charge in [-0.15, -0.1) is 0 Å². The number of para-hydroxylation sites is 1. The maximum Gasteiger partial charge on any atom is 0.311 e. The lowest BCUT2D eigenvalue weighted by atomic mass is 10.0. The Hall–Kier alpha value is -2.19. The van der Waals surface area contributed by atoms with E-state index in [2.05, 4.69) is 4.74 Å². The molecule has 0 aliphatic rings. The fourth-order valence-electron chi connectivity index (χ4n) is 1.51. The van der Waals surface area contributed by atoms with Crippen molar-refractivity contribution in [2.24, 2.45) is 0 Å². The summed E-state index contributed by atoms with van der Waals surface area (Å²) in [6.07, 6.45) is -3.68. The second-order valence-electron chi connectivity index (χ2n) is 3.76. The standard InChI is InChI=1S/C11H13NO7/c1-19-9(14)5-8(13)11(16)6-3-2-4-7(10(6)15)12(17)18/h2-4,8,11,13,15-16H,5H2,1H3. The predicted octanol–water partition coefficient (Wildman–Crippen LogP) is 0.258. The normalized spacial score (nSPS) is 13.6. The summed E-state index contributed by atoms with van der Waals surface area (Å²) < 4.78 is 4.32. The molecule has 1 aromatic carbocycles. The number of ether oxygens (including phenoxy) is 1. The first kappa shape index (κ1) is 14.9. The predicted molar refractivity (Wildman–Crippen MR) is 62.4 cm³/mol. The van der Waals surface area contributed by atoms with Gasteiger partial charge in [-0.1, -0.05) is 12.1 Å². The summed E-state index contributed by atoms with van der Waals surface area (Å²) in [4.78, 5) is 20.8. The van der Waals surface area contributed by atoms with Gasteiger partial charge in [-0.25, -0.2) is 0 Å². The van der Waals surface area contributed by atoms with E-state index in [1.54, 1.807) is 0 Å². The van der Waals surface area contributed by atoms with Gasteiger partial charge in [0, 0.05) is 11.6 Å². The van der Waals surface area contributed by atoms with E-state index < -0.39 is 41.0 Å². The van der Waals surface area contributed by atoms with Gasteiger partial charge in [0.15, 0.2) is 5.75 Å². The van der Waals surface area contributed by atoms with Gasteiger partial charge in [0.2, 0.25) is 0 Å². The smallest absolute Gasteiger partial charge is 0.311 e. The van der Waals surface area contributed by atoms with Crippen LogP contribution in [0.1, 0.15) is 18.1 Å². The van der Waals surface area contributed by atoms with Gasteiger partial charge >= 0.3 is 11.7 Å². The lowest BCUT2D eigenvalue weighted by molar-refractivity contribution is -0.386. The molecule has 1 aromatic rings. The number of phenolic OH excluding ortho intramolecular Hbond substituents is 1. The average molecular weight is 271 g/mol. The molecule has 0 heterocycles. The van der Waals surface area contributed by atoms with Crippen molar-refractivity contribution in [3.8, 4) is 5.75 Å². The maximum absolute atomic E-state index is 11.0. The lowest BCUT2D eigenvalue weighted by Crippen LogP contribution is -2.22. The van der Waals surface area contributed by atoms with Gasteiger partial charge in [0.25, 0.3) is 0 Å². The van der Waals surface area contributed by atoms with Crippen LogP contribution in [0.3, 0.4) is 0 Å². The number of phenols is 1. The van der Waals surface area contributed by atoms with Crippen LogP contribution in [0.4, 0.5) is 5.69 Å². The molecule has 0 spiro atoms. The van der Waals surface area contributed by atoms with Gasteiger partial charge in [-0.05, 0) is 0 Å². The molecule has 0 amide bonds. The molecule has 0 aliphatic heterocycles. The third kappa shape index (κ3) is 3.39. The molecule has 0 aliphatic carbocycles. The van der Waals surface area contributed by atoms with E-state index in [1.807, 2.05) is 0 Å². The summed E-state index contributed by atoms with van der Waals surface area (Å²) in [5.41, 5.74) is -0.826. The zero-order valence-electron chi connectivity index (χ0n) is 10.0. The number of hydrogen-bond acceptors (Lipinski definition) is 7. The molecule has 0 saturated carbocycles. The SMILES string of the molecule is COC(=O)CC(O)C(O)c1cccc([N+](=O)[O-])c1O. The minimum absolute atomic E-state index is 0.231. The minimum atomic E-state index is -1.64. The molecular weight excluding hydrogens is 258 g/mol. The van der Waals surface area contributed by atoms with Crippen LogP contribution in [0.2, 0.25) is 0 Å². The van der Waals surface area contributed by atoms with E-state index >= 15 is 0 Å². The van der Waals surface area contributed by atoms with Gasteiger partial charge < -0.3 is 20.1 Å². The zero-order chi connectivity index (χ0) is 14.6. The van der Waals surface area contributed by atoms with E-state index in [1.165, 1.54) is 12.1 Å². The Morgan fingerprint density at radius 2 is 2.11 bits per heavy atom. The van der Waals surface area contributed by atoms with Crippen LogP contribution < -0.4 is 0 Å². The average Bonchev–Trinajstić information content (AvgIpc) is 2.37. The molecule has 8 nitrogen and oxygen atoms in total. The number of nitro benzene ring substituents is 1. The Bertz CT molecular complexity index is 488. The number of aliphatic hydroxyl groups is 2. The van der Waals surface area contributed by atoms with Gasteiger partial charge in [0.05, 0.1) is 24.6 Å². The number of esters is 1. The second-order valence-corrected chi connectivity index (χ2v) is 3.76. The van der Waals surface area contributed by atoms with E-state index in [-0.39, 0.29) is 5.56 Å². The number of carbonyl (C=O) groups is 1. The Morgan fingerprint density at radius 3 is 2.63 bits per heavy atom. The molecule has 19 heavy (non-hydrogen) atoms. The zero-order valence-corrected chi connectivity index (χ0v) is 10.0. The van der Waals surface area contributed by atoms with Crippen molar-refractivity contribution in [2.45, 2.75) is 18.6 Å². The molecule has 1 rings (SSSR count). The summed E-state index contributed by atoms with van der Waals surface area (Å²) in [5.74, 6) is -1.50. The number of methoxy groups -OCH3 is 1. The number of rotatable bonds is 5.